The molecule has 228 valence electrons. The van der Waals surface area contributed by atoms with Crippen LogP contribution in [-0.4, -0.2) is 48.7 Å². The summed E-state index contributed by atoms with van der Waals surface area (Å²) in [7, 11) is -4.36. The fourth-order valence-corrected chi connectivity index (χ4v) is 6.88. The highest BCUT2D eigenvalue weighted by Crippen LogP contribution is 2.29. The average molecular weight is 648 g/mol. The van der Waals surface area contributed by atoms with E-state index in [9.17, 15) is 28.1 Å². The van der Waals surface area contributed by atoms with Gasteiger partial charge in [0.2, 0.25) is 11.8 Å². The van der Waals surface area contributed by atoms with Gasteiger partial charge in [-0.05, 0) is 55.2 Å². The topological polar surface area (TPSA) is 130 Å². The number of non-ortho nitro benzene ring substituents is 1. The number of halogens is 2. The first-order chi connectivity index (χ1) is 20.5. The molecular formula is C30H32Cl2N4O6S. The second-order valence-electron chi connectivity index (χ2n) is 10.3. The van der Waals surface area contributed by atoms with Gasteiger partial charge in [0.05, 0.1) is 25.6 Å². The Morgan fingerprint density at radius 1 is 1.00 bits per heavy atom. The second-order valence-corrected chi connectivity index (χ2v) is 13.0. The van der Waals surface area contributed by atoms with Crippen molar-refractivity contribution in [3.8, 4) is 0 Å². The summed E-state index contributed by atoms with van der Waals surface area (Å²) in [5.74, 6) is -1.01. The Labute approximate surface area is 260 Å². The Morgan fingerprint density at radius 2 is 1.70 bits per heavy atom. The summed E-state index contributed by atoms with van der Waals surface area (Å²) >= 11 is 12.3. The number of amides is 2. The molecule has 1 unspecified atom stereocenters. The number of hydrogen-bond acceptors (Lipinski definition) is 6. The lowest BCUT2D eigenvalue weighted by Crippen LogP contribution is -2.53. The summed E-state index contributed by atoms with van der Waals surface area (Å²) < 4.78 is 28.6. The van der Waals surface area contributed by atoms with Crippen LogP contribution in [0, 0.1) is 10.1 Å². The van der Waals surface area contributed by atoms with E-state index in [0.717, 1.165) is 36.1 Å². The quantitative estimate of drug-likeness (QED) is 0.191. The van der Waals surface area contributed by atoms with Crippen LogP contribution in [0.25, 0.3) is 0 Å². The van der Waals surface area contributed by atoms with Crippen LogP contribution in [0.15, 0.2) is 77.7 Å². The first kappa shape index (κ1) is 32.2. The van der Waals surface area contributed by atoms with E-state index < -0.39 is 33.4 Å². The van der Waals surface area contributed by atoms with E-state index in [1.807, 2.05) is 0 Å². The molecular weight excluding hydrogens is 615 g/mol. The molecule has 4 rings (SSSR count). The lowest BCUT2D eigenvalue weighted by atomic mass is 10.1. The van der Waals surface area contributed by atoms with E-state index in [0.29, 0.717) is 10.6 Å². The van der Waals surface area contributed by atoms with Crippen molar-refractivity contribution in [3.63, 3.8) is 0 Å². The van der Waals surface area contributed by atoms with E-state index >= 15 is 0 Å². The number of anilines is 1. The van der Waals surface area contributed by atoms with Crippen molar-refractivity contribution >= 4 is 56.4 Å². The minimum absolute atomic E-state index is 0.00306. The van der Waals surface area contributed by atoms with Gasteiger partial charge >= 0.3 is 0 Å². The number of nitrogens with zero attached hydrogens (tertiary/aromatic N) is 3. The summed E-state index contributed by atoms with van der Waals surface area (Å²) in [4.78, 5) is 39.8. The second kappa shape index (κ2) is 14.2. The van der Waals surface area contributed by atoms with E-state index in [-0.39, 0.29) is 46.2 Å². The molecule has 0 radical (unpaired) electrons. The first-order valence-corrected chi connectivity index (χ1v) is 16.1. The van der Waals surface area contributed by atoms with Gasteiger partial charge in [-0.15, -0.1) is 0 Å². The predicted molar refractivity (Wildman–Crippen MR) is 166 cm³/mol. The minimum Gasteiger partial charge on any atom is -0.352 e. The molecule has 1 saturated carbocycles. The summed E-state index contributed by atoms with van der Waals surface area (Å²) in [6, 6.07) is 16.5. The lowest BCUT2D eigenvalue weighted by Gasteiger charge is -2.33. The molecule has 0 bridgehead atoms. The molecule has 13 heteroatoms. The van der Waals surface area contributed by atoms with Crippen molar-refractivity contribution in [1.29, 1.82) is 0 Å². The van der Waals surface area contributed by atoms with Gasteiger partial charge in [-0.3, -0.25) is 24.0 Å². The Hall–Kier alpha value is -3.67. The Bertz CT molecular complexity index is 1580. The molecule has 0 aliphatic heterocycles. The molecule has 1 aliphatic carbocycles. The van der Waals surface area contributed by atoms with Gasteiger partial charge in [-0.2, -0.15) is 0 Å². The third-order valence-corrected chi connectivity index (χ3v) is 9.89. The van der Waals surface area contributed by atoms with E-state index in [1.54, 1.807) is 31.2 Å². The molecule has 2 amide bonds. The van der Waals surface area contributed by atoms with Gasteiger partial charge in [0.15, 0.2) is 0 Å². The first-order valence-electron chi connectivity index (χ1n) is 13.9. The van der Waals surface area contributed by atoms with Crippen molar-refractivity contribution in [2.45, 2.75) is 62.6 Å². The van der Waals surface area contributed by atoms with Crippen molar-refractivity contribution in [2.24, 2.45) is 0 Å². The summed E-state index contributed by atoms with van der Waals surface area (Å²) in [6.45, 7) is 1.00. The van der Waals surface area contributed by atoms with Gasteiger partial charge < -0.3 is 10.2 Å². The van der Waals surface area contributed by atoms with Gasteiger partial charge in [0.25, 0.3) is 15.7 Å². The zero-order chi connectivity index (χ0) is 31.1. The van der Waals surface area contributed by atoms with Crippen LogP contribution in [0.4, 0.5) is 11.4 Å². The van der Waals surface area contributed by atoms with Crippen LogP contribution in [0.3, 0.4) is 0 Å². The van der Waals surface area contributed by atoms with Crippen molar-refractivity contribution in [3.05, 3.63) is 98.5 Å². The maximum atomic E-state index is 14.2. The van der Waals surface area contributed by atoms with E-state index in [1.165, 1.54) is 47.4 Å². The molecule has 3 aromatic rings. The fraction of sp³-hybridized carbons (Fsp3) is 0.333. The number of rotatable bonds is 12. The number of carbonyl (C=O) groups excluding carboxylic acids is 2. The normalized spacial score (nSPS) is 14.2. The smallest absolute Gasteiger partial charge is 0.271 e. The summed E-state index contributed by atoms with van der Waals surface area (Å²) in [5.41, 5.74) is 0.181. The Morgan fingerprint density at radius 3 is 2.33 bits per heavy atom. The van der Waals surface area contributed by atoms with E-state index in [4.69, 9.17) is 23.2 Å². The monoisotopic (exact) mass is 646 g/mol. The molecule has 0 spiro atoms. The SMILES string of the molecule is CCC(C(=O)NC1CCCC1)N(Cc1ccc(Cl)c(Cl)c1)C(=O)CN(c1cccc([N+](=O)[O-])c1)S(=O)(=O)c1ccccc1. The molecule has 10 nitrogen and oxygen atoms in total. The number of benzene rings is 3. The maximum Gasteiger partial charge on any atom is 0.271 e. The zero-order valence-electron chi connectivity index (χ0n) is 23.5. The standard InChI is InChI=1S/C30H32Cl2N4O6S/c1-2-28(30(38)33-22-9-6-7-10-22)34(19-21-15-16-26(31)27(32)17-21)29(37)20-35(23-11-8-12-24(18-23)36(39)40)43(41,42)25-13-4-3-5-14-25/h3-5,8,11-18,22,28H,2,6-7,9-10,19-20H2,1H3,(H,33,38). The van der Waals surface area contributed by atoms with Crippen LogP contribution in [0.5, 0.6) is 0 Å². The summed E-state index contributed by atoms with van der Waals surface area (Å²) in [5, 5.41) is 15.2. The van der Waals surface area contributed by atoms with Crippen LogP contribution < -0.4 is 9.62 Å². The van der Waals surface area contributed by atoms with Crippen LogP contribution >= 0.6 is 23.2 Å². The predicted octanol–water partition coefficient (Wildman–Crippen LogP) is 5.96. The van der Waals surface area contributed by atoms with Crippen LogP contribution in [-0.2, 0) is 26.2 Å². The molecule has 0 saturated heterocycles. The highest BCUT2D eigenvalue weighted by atomic mass is 35.5. The Balaban J connectivity index is 1.75. The van der Waals surface area contributed by atoms with Crippen molar-refractivity contribution in [1.82, 2.24) is 10.2 Å². The molecule has 43 heavy (non-hydrogen) atoms. The number of sulfonamides is 1. The van der Waals surface area contributed by atoms with Gasteiger partial charge in [-0.25, -0.2) is 8.42 Å². The molecule has 1 fully saturated rings. The largest absolute Gasteiger partial charge is 0.352 e. The van der Waals surface area contributed by atoms with Crippen molar-refractivity contribution in [2.75, 3.05) is 10.8 Å². The fourth-order valence-electron chi connectivity index (χ4n) is 5.13. The third kappa shape index (κ3) is 7.84. The number of carbonyl (C=O) groups is 2. The maximum absolute atomic E-state index is 14.2. The zero-order valence-corrected chi connectivity index (χ0v) is 25.8. The van der Waals surface area contributed by atoms with Gasteiger partial charge in [0.1, 0.15) is 12.6 Å². The molecule has 1 aliphatic rings. The van der Waals surface area contributed by atoms with E-state index in [2.05, 4.69) is 5.32 Å². The molecule has 1 N–H and O–H groups in total. The minimum atomic E-state index is -4.36. The highest BCUT2D eigenvalue weighted by Gasteiger charge is 2.35. The highest BCUT2D eigenvalue weighted by molar-refractivity contribution is 7.92. The number of nitrogens with one attached hydrogen (secondary N) is 1. The van der Waals surface area contributed by atoms with Crippen LogP contribution in [0.2, 0.25) is 10.0 Å². The van der Waals surface area contributed by atoms with Crippen LogP contribution in [0.1, 0.15) is 44.6 Å². The number of nitro groups is 1. The Kier molecular flexibility index (Phi) is 10.6. The number of hydrogen-bond donors (Lipinski definition) is 1. The summed E-state index contributed by atoms with van der Waals surface area (Å²) in [6.07, 6.45) is 3.96. The number of nitro benzene ring substituents is 1. The molecule has 0 heterocycles. The average Bonchev–Trinajstić information content (AvgIpc) is 3.51. The van der Waals surface area contributed by atoms with Crippen molar-refractivity contribution < 1.29 is 22.9 Å². The van der Waals surface area contributed by atoms with Gasteiger partial charge in [-0.1, -0.05) is 73.3 Å². The molecule has 3 aromatic carbocycles. The van der Waals surface area contributed by atoms with Gasteiger partial charge in [0, 0.05) is 24.7 Å². The third-order valence-electron chi connectivity index (χ3n) is 7.36. The molecule has 0 aromatic heterocycles. The molecule has 1 atom stereocenters. The lowest BCUT2D eigenvalue weighted by molar-refractivity contribution is -0.384.